The van der Waals surface area contributed by atoms with Gasteiger partial charge in [-0.2, -0.15) is 5.10 Å². The van der Waals surface area contributed by atoms with Crippen LogP contribution in [0.25, 0.3) is 0 Å². The minimum Gasteiger partial charge on any atom is -0.489 e. The zero-order chi connectivity index (χ0) is 12.3. The molecule has 0 saturated carbocycles. The molecule has 0 fully saturated rings. The van der Waals surface area contributed by atoms with E-state index in [0.717, 1.165) is 21.1 Å². The van der Waals surface area contributed by atoms with Gasteiger partial charge in [0.1, 0.15) is 12.4 Å². The van der Waals surface area contributed by atoms with Crippen LogP contribution in [0.1, 0.15) is 11.1 Å². The van der Waals surface area contributed by atoms with E-state index >= 15 is 0 Å². The lowest BCUT2D eigenvalue weighted by Crippen LogP contribution is -1.95. The van der Waals surface area contributed by atoms with Gasteiger partial charge < -0.3 is 4.74 Å². The Balaban J connectivity index is 2.04. The second-order valence-electron chi connectivity index (χ2n) is 3.70. The van der Waals surface area contributed by atoms with Gasteiger partial charge in [-0.1, -0.05) is 31.9 Å². The van der Waals surface area contributed by atoms with E-state index in [2.05, 4.69) is 37.0 Å². The number of alkyl halides is 1. The average Bonchev–Trinajstić information content (AvgIpc) is 2.74. The van der Waals surface area contributed by atoms with Crippen LogP contribution < -0.4 is 4.74 Å². The first-order valence-corrected chi connectivity index (χ1v) is 7.05. The van der Waals surface area contributed by atoms with Gasteiger partial charge in [0, 0.05) is 28.6 Å². The highest BCUT2D eigenvalue weighted by Crippen LogP contribution is 2.24. The quantitative estimate of drug-likeness (QED) is 0.779. The number of aromatic nitrogens is 2. The molecule has 0 aliphatic carbocycles. The molecule has 17 heavy (non-hydrogen) atoms. The topological polar surface area (TPSA) is 27.1 Å². The summed E-state index contributed by atoms with van der Waals surface area (Å²) in [6, 6.07) is 5.97. The van der Waals surface area contributed by atoms with Crippen LogP contribution in [-0.2, 0) is 19.0 Å². The van der Waals surface area contributed by atoms with Gasteiger partial charge in [-0.25, -0.2) is 0 Å². The van der Waals surface area contributed by atoms with Crippen molar-refractivity contribution in [3.8, 4) is 5.75 Å². The standard InChI is InChI=1S/C12H12Br2N2O/c1-16-7-9(6-15-16)8-17-11-2-3-12(14)10(4-11)5-13/h2-4,6-7H,5,8H2,1H3. The fourth-order valence-corrected chi connectivity index (χ4v) is 2.68. The third-order valence-corrected chi connectivity index (χ3v) is 3.70. The minimum atomic E-state index is 0.539. The highest BCUT2D eigenvalue weighted by atomic mass is 79.9. The molecule has 0 aliphatic rings. The largest absolute Gasteiger partial charge is 0.489 e. The Morgan fingerprint density at radius 2 is 2.24 bits per heavy atom. The van der Waals surface area contributed by atoms with Crippen molar-refractivity contribution < 1.29 is 4.74 Å². The molecule has 0 aliphatic heterocycles. The van der Waals surface area contributed by atoms with Crippen molar-refractivity contribution in [2.75, 3.05) is 0 Å². The molecule has 1 aromatic heterocycles. The molecule has 0 unspecified atom stereocenters. The summed E-state index contributed by atoms with van der Waals surface area (Å²) in [5.41, 5.74) is 2.24. The SMILES string of the molecule is Cn1cc(COc2ccc(Br)c(CBr)c2)cn1. The zero-order valence-electron chi connectivity index (χ0n) is 9.36. The predicted octanol–water partition coefficient (Wildman–Crippen LogP) is 3.66. The highest BCUT2D eigenvalue weighted by molar-refractivity contribution is 9.10. The number of nitrogens with zero attached hydrogens (tertiary/aromatic N) is 2. The van der Waals surface area contributed by atoms with Crippen LogP contribution in [0.2, 0.25) is 0 Å². The van der Waals surface area contributed by atoms with Crippen LogP contribution in [0.5, 0.6) is 5.75 Å². The zero-order valence-corrected chi connectivity index (χ0v) is 12.5. The lowest BCUT2D eigenvalue weighted by molar-refractivity contribution is 0.306. The Morgan fingerprint density at radius 1 is 1.41 bits per heavy atom. The first-order valence-electron chi connectivity index (χ1n) is 5.14. The van der Waals surface area contributed by atoms with Gasteiger partial charge in [-0.05, 0) is 23.8 Å². The van der Waals surface area contributed by atoms with Crippen LogP contribution in [0.3, 0.4) is 0 Å². The molecule has 1 heterocycles. The minimum absolute atomic E-state index is 0.539. The van der Waals surface area contributed by atoms with E-state index in [9.17, 15) is 0 Å². The van der Waals surface area contributed by atoms with Gasteiger partial charge in [0.05, 0.1) is 6.20 Å². The summed E-state index contributed by atoms with van der Waals surface area (Å²) in [5, 5.41) is 4.90. The number of benzene rings is 1. The fourth-order valence-electron chi connectivity index (χ4n) is 1.46. The van der Waals surface area contributed by atoms with Gasteiger partial charge in [0.25, 0.3) is 0 Å². The molecule has 0 amide bonds. The molecule has 0 N–H and O–H groups in total. The van der Waals surface area contributed by atoms with Crippen molar-refractivity contribution in [3.05, 3.63) is 46.2 Å². The molecule has 90 valence electrons. The molecule has 0 bridgehead atoms. The second-order valence-corrected chi connectivity index (χ2v) is 5.11. The Bertz CT molecular complexity index is 511. The molecular weight excluding hydrogens is 348 g/mol. The van der Waals surface area contributed by atoms with E-state index in [1.165, 1.54) is 5.56 Å². The average molecular weight is 360 g/mol. The number of hydrogen-bond acceptors (Lipinski definition) is 2. The fraction of sp³-hybridized carbons (Fsp3) is 0.250. The van der Waals surface area contributed by atoms with Crippen LogP contribution in [-0.4, -0.2) is 9.78 Å². The summed E-state index contributed by atoms with van der Waals surface area (Å²) in [6.07, 6.45) is 3.76. The van der Waals surface area contributed by atoms with Crippen LogP contribution in [0, 0.1) is 0 Å². The molecule has 0 spiro atoms. The molecule has 0 atom stereocenters. The number of hydrogen-bond donors (Lipinski definition) is 0. The van der Waals surface area contributed by atoms with Gasteiger partial charge in [0.2, 0.25) is 0 Å². The van der Waals surface area contributed by atoms with E-state index in [4.69, 9.17) is 4.74 Å². The molecular formula is C12H12Br2N2O. The second kappa shape index (κ2) is 5.69. The van der Waals surface area contributed by atoms with E-state index in [1.54, 1.807) is 4.68 Å². The first kappa shape index (κ1) is 12.6. The maximum absolute atomic E-state index is 5.71. The lowest BCUT2D eigenvalue weighted by atomic mass is 10.2. The smallest absolute Gasteiger partial charge is 0.120 e. The Kier molecular flexibility index (Phi) is 4.23. The van der Waals surface area contributed by atoms with Gasteiger partial charge in [-0.3, -0.25) is 4.68 Å². The van der Waals surface area contributed by atoms with E-state index in [1.807, 2.05) is 37.6 Å². The summed E-state index contributed by atoms with van der Waals surface area (Å²) in [7, 11) is 1.89. The molecule has 2 rings (SSSR count). The third kappa shape index (κ3) is 3.33. The molecule has 5 heteroatoms. The van der Waals surface area contributed by atoms with E-state index in [-0.39, 0.29) is 0 Å². The first-order chi connectivity index (χ1) is 8.19. The van der Waals surface area contributed by atoms with Crippen LogP contribution in [0.15, 0.2) is 35.1 Å². The van der Waals surface area contributed by atoms with Crippen LogP contribution >= 0.6 is 31.9 Å². The molecule has 3 nitrogen and oxygen atoms in total. The van der Waals surface area contributed by atoms with Crippen molar-refractivity contribution in [1.29, 1.82) is 0 Å². The normalized spacial score (nSPS) is 10.5. The Labute approximate surface area is 117 Å². The number of halogens is 2. The molecule has 0 saturated heterocycles. The number of aryl methyl sites for hydroxylation is 1. The number of rotatable bonds is 4. The lowest BCUT2D eigenvalue weighted by Gasteiger charge is -2.07. The maximum Gasteiger partial charge on any atom is 0.120 e. The number of ether oxygens (including phenoxy) is 1. The molecule has 2 aromatic rings. The van der Waals surface area contributed by atoms with Crippen molar-refractivity contribution in [2.45, 2.75) is 11.9 Å². The Morgan fingerprint density at radius 3 is 2.88 bits per heavy atom. The van der Waals surface area contributed by atoms with E-state index < -0.39 is 0 Å². The monoisotopic (exact) mass is 358 g/mol. The van der Waals surface area contributed by atoms with Gasteiger partial charge in [-0.15, -0.1) is 0 Å². The summed E-state index contributed by atoms with van der Waals surface area (Å²) < 4.78 is 8.56. The van der Waals surface area contributed by atoms with Crippen molar-refractivity contribution in [3.63, 3.8) is 0 Å². The third-order valence-electron chi connectivity index (χ3n) is 2.33. The van der Waals surface area contributed by atoms with Crippen molar-refractivity contribution >= 4 is 31.9 Å². The van der Waals surface area contributed by atoms with Gasteiger partial charge >= 0.3 is 0 Å². The van der Waals surface area contributed by atoms with Crippen molar-refractivity contribution in [1.82, 2.24) is 9.78 Å². The maximum atomic E-state index is 5.71. The summed E-state index contributed by atoms with van der Waals surface area (Å²) >= 11 is 6.93. The molecule has 1 aromatic carbocycles. The summed E-state index contributed by atoms with van der Waals surface area (Å²) in [5.74, 6) is 0.867. The Hall–Kier alpha value is -0.810. The summed E-state index contributed by atoms with van der Waals surface area (Å²) in [6.45, 7) is 0.539. The van der Waals surface area contributed by atoms with E-state index in [0.29, 0.717) is 6.61 Å². The highest BCUT2D eigenvalue weighted by Gasteiger charge is 2.02. The van der Waals surface area contributed by atoms with Crippen molar-refractivity contribution in [2.24, 2.45) is 7.05 Å². The van der Waals surface area contributed by atoms with Gasteiger partial charge in [0.15, 0.2) is 0 Å². The summed E-state index contributed by atoms with van der Waals surface area (Å²) in [4.78, 5) is 0. The predicted molar refractivity (Wildman–Crippen MR) is 74.3 cm³/mol. The molecule has 0 radical (unpaired) electrons. The van der Waals surface area contributed by atoms with Crippen LogP contribution in [0.4, 0.5) is 0 Å².